The summed E-state index contributed by atoms with van der Waals surface area (Å²) in [6.45, 7) is 0. The second kappa shape index (κ2) is 5.97. The molecule has 0 radical (unpaired) electrons. The number of hydrogen-bond acceptors (Lipinski definition) is 5. The normalized spacial score (nSPS) is 11.1. The first-order valence-electron chi connectivity index (χ1n) is 8.30. The van der Waals surface area contributed by atoms with Crippen LogP contribution in [-0.2, 0) is 0 Å². The van der Waals surface area contributed by atoms with Crippen LogP contribution < -0.4 is 0 Å². The van der Waals surface area contributed by atoms with Crippen LogP contribution in [0.15, 0.2) is 79.0 Å². The van der Waals surface area contributed by atoms with Crippen molar-refractivity contribution in [1.82, 2.24) is 25.4 Å². The first-order valence-corrected chi connectivity index (χ1v) is 8.30. The number of aromatic nitrogens is 5. The average Bonchev–Trinajstić information content (AvgIpc) is 2.73. The minimum Gasteiger partial charge on any atom is -0.252 e. The van der Waals surface area contributed by atoms with Gasteiger partial charge in [0.2, 0.25) is 11.6 Å². The lowest BCUT2D eigenvalue weighted by Crippen LogP contribution is -2.01. The molecular formula is C21H13N5. The molecule has 0 aliphatic heterocycles. The van der Waals surface area contributed by atoms with Gasteiger partial charge >= 0.3 is 0 Å². The second-order valence-corrected chi connectivity index (χ2v) is 5.95. The van der Waals surface area contributed by atoms with Crippen LogP contribution >= 0.6 is 0 Å². The number of fused-ring (bicyclic) bond motifs is 2. The van der Waals surface area contributed by atoms with E-state index in [4.69, 9.17) is 0 Å². The van der Waals surface area contributed by atoms with E-state index in [9.17, 15) is 0 Å². The lowest BCUT2D eigenvalue weighted by Gasteiger charge is -2.06. The average molecular weight is 335 g/mol. The number of pyridine rings is 1. The van der Waals surface area contributed by atoms with Crippen LogP contribution in [0.25, 0.3) is 44.5 Å². The zero-order valence-electron chi connectivity index (χ0n) is 13.7. The van der Waals surface area contributed by atoms with Gasteiger partial charge in [0.15, 0.2) is 0 Å². The highest BCUT2D eigenvalue weighted by Crippen LogP contribution is 2.26. The van der Waals surface area contributed by atoms with Gasteiger partial charge in [-0.3, -0.25) is 4.98 Å². The van der Waals surface area contributed by atoms with Crippen molar-refractivity contribution in [2.75, 3.05) is 0 Å². The van der Waals surface area contributed by atoms with Crippen molar-refractivity contribution in [3.63, 3.8) is 0 Å². The van der Waals surface area contributed by atoms with Crippen LogP contribution in [0.2, 0.25) is 0 Å². The molecule has 0 saturated heterocycles. The molecule has 0 aliphatic carbocycles. The van der Waals surface area contributed by atoms with Crippen molar-refractivity contribution >= 4 is 21.5 Å². The molecule has 0 fully saturated rings. The summed E-state index contributed by atoms with van der Waals surface area (Å²) in [6, 6.07) is 24.1. The summed E-state index contributed by atoms with van der Waals surface area (Å²) >= 11 is 0. The maximum absolute atomic E-state index is 4.42. The molecule has 5 heteroatoms. The van der Waals surface area contributed by atoms with Crippen LogP contribution in [0.4, 0.5) is 0 Å². The smallest absolute Gasteiger partial charge is 0.222 e. The van der Waals surface area contributed by atoms with Gasteiger partial charge in [-0.05, 0) is 22.2 Å². The number of benzene rings is 3. The fraction of sp³-hybridized carbons (Fsp3) is 0. The monoisotopic (exact) mass is 335 g/mol. The summed E-state index contributed by atoms with van der Waals surface area (Å²) in [5.41, 5.74) is 1.60. The number of nitrogens with zero attached hydrogens (tertiary/aromatic N) is 5. The van der Waals surface area contributed by atoms with Crippen molar-refractivity contribution < 1.29 is 0 Å². The van der Waals surface area contributed by atoms with Crippen LogP contribution in [0, 0.1) is 0 Å². The summed E-state index contributed by atoms with van der Waals surface area (Å²) in [5, 5.41) is 21.5. The molecule has 122 valence electrons. The molecule has 2 heterocycles. The SMILES string of the molecule is c1ccc2c(-c3nnc(-c4nccc5ccccc45)nn3)cccc2c1. The molecule has 0 N–H and O–H groups in total. The zero-order valence-corrected chi connectivity index (χ0v) is 13.7. The van der Waals surface area contributed by atoms with Gasteiger partial charge in [0.25, 0.3) is 0 Å². The molecule has 0 atom stereocenters. The lowest BCUT2D eigenvalue weighted by molar-refractivity contribution is 0.873. The summed E-state index contributed by atoms with van der Waals surface area (Å²) in [7, 11) is 0. The molecule has 0 saturated carbocycles. The molecule has 0 spiro atoms. The molecule has 3 aromatic carbocycles. The Balaban J connectivity index is 1.63. The van der Waals surface area contributed by atoms with Crippen molar-refractivity contribution in [2.24, 2.45) is 0 Å². The molecule has 5 rings (SSSR count). The van der Waals surface area contributed by atoms with Gasteiger partial charge in [0, 0.05) is 17.1 Å². The number of rotatable bonds is 2. The molecule has 0 bridgehead atoms. The Morgan fingerprint density at radius 1 is 0.500 bits per heavy atom. The van der Waals surface area contributed by atoms with Gasteiger partial charge in [-0.25, -0.2) is 0 Å². The predicted molar refractivity (Wildman–Crippen MR) is 101 cm³/mol. The Morgan fingerprint density at radius 3 is 1.92 bits per heavy atom. The van der Waals surface area contributed by atoms with Crippen LogP contribution in [0.1, 0.15) is 0 Å². The van der Waals surface area contributed by atoms with Gasteiger partial charge < -0.3 is 0 Å². The lowest BCUT2D eigenvalue weighted by atomic mass is 10.0. The van der Waals surface area contributed by atoms with E-state index in [1.54, 1.807) is 6.20 Å². The zero-order chi connectivity index (χ0) is 17.3. The highest BCUT2D eigenvalue weighted by atomic mass is 15.3. The maximum atomic E-state index is 4.42. The third-order valence-electron chi connectivity index (χ3n) is 4.39. The minimum absolute atomic E-state index is 0.422. The van der Waals surface area contributed by atoms with Gasteiger partial charge in [-0.2, -0.15) is 0 Å². The number of hydrogen-bond donors (Lipinski definition) is 0. The first-order chi connectivity index (χ1) is 12.9. The fourth-order valence-corrected chi connectivity index (χ4v) is 3.15. The Morgan fingerprint density at radius 2 is 1.12 bits per heavy atom. The Hall–Kier alpha value is -3.73. The van der Waals surface area contributed by atoms with Crippen LogP contribution in [-0.4, -0.2) is 25.4 Å². The highest BCUT2D eigenvalue weighted by Gasteiger charge is 2.12. The van der Waals surface area contributed by atoms with Crippen LogP contribution in [0.5, 0.6) is 0 Å². The van der Waals surface area contributed by atoms with Gasteiger partial charge in [0.05, 0.1) is 0 Å². The van der Waals surface area contributed by atoms with E-state index in [1.165, 1.54) is 0 Å². The van der Waals surface area contributed by atoms with Gasteiger partial charge in [-0.15, -0.1) is 20.4 Å². The fourth-order valence-electron chi connectivity index (χ4n) is 3.15. The third-order valence-corrected chi connectivity index (χ3v) is 4.39. The summed E-state index contributed by atoms with van der Waals surface area (Å²) < 4.78 is 0. The molecule has 5 nitrogen and oxygen atoms in total. The second-order valence-electron chi connectivity index (χ2n) is 5.95. The molecular weight excluding hydrogens is 322 g/mol. The van der Waals surface area contributed by atoms with Crippen LogP contribution in [0.3, 0.4) is 0 Å². The molecule has 0 amide bonds. The Bertz CT molecular complexity index is 1120. The quantitative estimate of drug-likeness (QED) is 0.481. The van der Waals surface area contributed by atoms with E-state index < -0.39 is 0 Å². The molecule has 0 unspecified atom stereocenters. The Kier molecular flexibility index (Phi) is 3.35. The maximum Gasteiger partial charge on any atom is 0.222 e. The minimum atomic E-state index is 0.422. The standard InChI is InChI=1S/C21H13N5/c1-3-9-16-14(6-1)8-5-11-18(16)20-23-25-21(26-24-20)19-17-10-4-2-7-15(17)12-13-22-19/h1-13H. The van der Waals surface area contributed by atoms with Gasteiger partial charge in [0.1, 0.15) is 5.69 Å². The van der Waals surface area contributed by atoms with E-state index in [2.05, 4.69) is 37.5 Å². The molecule has 0 aliphatic rings. The molecule has 2 aromatic heterocycles. The van der Waals surface area contributed by atoms with E-state index in [-0.39, 0.29) is 0 Å². The third kappa shape index (κ3) is 2.38. The van der Waals surface area contributed by atoms with E-state index in [0.717, 1.165) is 27.1 Å². The van der Waals surface area contributed by atoms with Crippen molar-refractivity contribution in [2.45, 2.75) is 0 Å². The van der Waals surface area contributed by atoms with Crippen molar-refractivity contribution in [3.05, 3.63) is 79.0 Å². The first kappa shape index (κ1) is 14.6. The Labute approximate surface area is 149 Å². The summed E-state index contributed by atoms with van der Waals surface area (Å²) in [4.78, 5) is 4.42. The molecule has 5 aromatic rings. The van der Waals surface area contributed by atoms with Gasteiger partial charge in [-0.1, -0.05) is 66.7 Å². The van der Waals surface area contributed by atoms with Crippen molar-refractivity contribution in [1.29, 1.82) is 0 Å². The van der Waals surface area contributed by atoms with E-state index in [1.807, 2.05) is 60.7 Å². The highest BCUT2D eigenvalue weighted by molar-refractivity contribution is 5.95. The topological polar surface area (TPSA) is 64.5 Å². The van der Waals surface area contributed by atoms with E-state index in [0.29, 0.717) is 17.3 Å². The van der Waals surface area contributed by atoms with Crippen molar-refractivity contribution in [3.8, 4) is 22.9 Å². The molecule has 26 heavy (non-hydrogen) atoms. The largest absolute Gasteiger partial charge is 0.252 e. The van der Waals surface area contributed by atoms with E-state index >= 15 is 0 Å². The summed E-state index contributed by atoms with van der Waals surface area (Å²) in [5.74, 6) is 0.927. The predicted octanol–water partition coefficient (Wildman–Crippen LogP) is 4.30. The summed E-state index contributed by atoms with van der Waals surface area (Å²) in [6.07, 6.45) is 1.75.